The number of halogens is 2. The van der Waals surface area contributed by atoms with Gasteiger partial charge in [0, 0.05) is 24.2 Å². The average molecular weight is 275 g/mol. The molecule has 0 bridgehead atoms. The van der Waals surface area contributed by atoms with Crippen LogP contribution in [-0.2, 0) is 6.54 Å². The summed E-state index contributed by atoms with van der Waals surface area (Å²) in [5.41, 5.74) is 4.16. The molecule has 0 aliphatic carbocycles. The SMILES string of the molecule is Cc1cccc(CNC(C)c2ccc(F)cc2F)c1C. The van der Waals surface area contributed by atoms with Gasteiger partial charge in [0.05, 0.1) is 0 Å². The molecule has 0 radical (unpaired) electrons. The van der Waals surface area contributed by atoms with Crippen LogP contribution in [0.15, 0.2) is 36.4 Å². The van der Waals surface area contributed by atoms with Crippen LogP contribution in [-0.4, -0.2) is 0 Å². The summed E-state index contributed by atoms with van der Waals surface area (Å²) in [6, 6.07) is 9.68. The third-order valence-electron chi connectivity index (χ3n) is 3.74. The fraction of sp³-hybridized carbons (Fsp3) is 0.294. The van der Waals surface area contributed by atoms with Crippen LogP contribution in [0.2, 0.25) is 0 Å². The number of aryl methyl sites for hydroxylation is 1. The summed E-state index contributed by atoms with van der Waals surface area (Å²) in [5.74, 6) is -1.06. The lowest BCUT2D eigenvalue weighted by molar-refractivity contribution is 0.517. The molecule has 0 saturated heterocycles. The van der Waals surface area contributed by atoms with Gasteiger partial charge >= 0.3 is 0 Å². The Kier molecular flexibility index (Phi) is 4.50. The van der Waals surface area contributed by atoms with E-state index in [-0.39, 0.29) is 6.04 Å². The van der Waals surface area contributed by atoms with Crippen LogP contribution < -0.4 is 5.32 Å². The molecule has 1 N–H and O–H groups in total. The molecule has 1 atom stereocenters. The molecule has 2 aromatic rings. The minimum atomic E-state index is -0.548. The van der Waals surface area contributed by atoms with Crippen molar-refractivity contribution >= 4 is 0 Å². The highest BCUT2D eigenvalue weighted by Crippen LogP contribution is 2.19. The summed E-state index contributed by atoms with van der Waals surface area (Å²) >= 11 is 0. The van der Waals surface area contributed by atoms with E-state index in [2.05, 4.69) is 31.3 Å². The molecule has 2 aromatic carbocycles. The normalized spacial score (nSPS) is 12.4. The van der Waals surface area contributed by atoms with Crippen molar-refractivity contribution in [2.75, 3.05) is 0 Å². The monoisotopic (exact) mass is 275 g/mol. The van der Waals surface area contributed by atoms with Gasteiger partial charge in [-0.3, -0.25) is 0 Å². The maximum Gasteiger partial charge on any atom is 0.130 e. The minimum absolute atomic E-state index is 0.171. The maximum absolute atomic E-state index is 13.7. The molecular weight excluding hydrogens is 256 g/mol. The van der Waals surface area contributed by atoms with Crippen molar-refractivity contribution in [2.24, 2.45) is 0 Å². The Labute approximate surface area is 118 Å². The Morgan fingerprint density at radius 2 is 1.85 bits per heavy atom. The fourth-order valence-electron chi connectivity index (χ4n) is 2.23. The summed E-state index contributed by atoms with van der Waals surface area (Å²) < 4.78 is 26.6. The lowest BCUT2D eigenvalue weighted by Crippen LogP contribution is -2.19. The van der Waals surface area contributed by atoms with Crippen molar-refractivity contribution in [3.63, 3.8) is 0 Å². The van der Waals surface area contributed by atoms with E-state index in [0.717, 1.165) is 6.07 Å². The predicted octanol–water partition coefficient (Wildman–Crippen LogP) is 4.43. The minimum Gasteiger partial charge on any atom is -0.306 e. The van der Waals surface area contributed by atoms with Crippen LogP contribution in [0, 0.1) is 25.5 Å². The van der Waals surface area contributed by atoms with Crippen molar-refractivity contribution in [3.05, 3.63) is 70.3 Å². The van der Waals surface area contributed by atoms with E-state index in [0.29, 0.717) is 12.1 Å². The van der Waals surface area contributed by atoms with Gasteiger partial charge in [-0.2, -0.15) is 0 Å². The van der Waals surface area contributed by atoms with Crippen molar-refractivity contribution < 1.29 is 8.78 Å². The van der Waals surface area contributed by atoms with E-state index in [9.17, 15) is 8.78 Å². The second kappa shape index (κ2) is 6.14. The summed E-state index contributed by atoms with van der Waals surface area (Å²) in [7, 11) is 0. The molecule has 0 saturated carbocycles. The molecule has 1 unspecified atom stereocenters. The van der Waals surface area contributed by atoms with E-state index in [1.807, 2.05) is 13.0 Å². The summed E-state index contributed by atoms with van der Waals surface area (Å²) in [5, 5.41) is 3.28. The zero-order valence-electron chi connectivity index (χ0n) is 12.0. The molecule has 0 aliphatic heterocycles. The van der Waals surface area contributed by atoms with Gasteiger partial charge in [-0.1, -0.05) is 24.3 Å². The predicted molar refractivity (Wildman–Crippen MR) is 77.5 cm³/mol. The van der Waals surface area contributed by atoms with Gasteiger partial charge in [0.15, 0.2) is 0 Å². The average Bonchev–Trinajstić information content (AvgIpc) is 2.40. The van der Waals surface area contributed by atoms with Gasteiger partial charge < -0.3 is 5.32 Å². The number of hydrogen-bond acceptors (Lipinski definition) is 1. The van der Waals surface area contributed by atoms with Gasteiger partial charge in [-0.25, -0.2) is 8.78 Å². The number of benzene rings is 2. The highest BCUT2D eigenvalue weighted by atomic mass is 19.1. The Bertz CT molecular complexity index is 608. The molecule has 1 nitrogen and oxygen atoms in total. The first-order chi connectivity index (χ1) is 9.49. The summed E-state index contributed by atoms with van der Waals surface area (Å²) in [6.07, 6.45) is 0. The Morgan fingerprint density at radius 3 is 2.55 bits per heavy atom. The fourth-order valence-corrected chi connectivity index (χ4v) is 2.23. The third kappa shape index (κ3) is 3.23. The van der Waals surface area contributed by atoms with Crippen molar-refractivity contribution in [2.45, 2.75) is 33.4 Å². The molecule has 0 heterocycles. The summed E-state index contributed by atoms with van der Waals surface area (Å²) in [4.78, 5) is 0. The molecule has 20 heavy (non-hydrogen) atoms. The number of rotatable bonds is 4. The maximum atomic E-state index is 13.7. The van der Waals surface area contributed by atoms with Gasteiger partial charge in [0.2, 0.25) is 0 Å². The van der Waals surface area contributed by atoms with Crippen LogP contribution in [0.25, 0.3) is 0 Å². The largest absolute Gasteiger partial charge is 0.306 e. The van der Waals surface area contributed by atoms with Crippen molar-refractivity contribution in [1.82, 2.24) is 5.32 Å². The molecule has 106 valence electrons. The second-order valence-corrected chi connectivity index (χ2v) is 5.13. The first-order valence-electron chi connectivity index (χ1n) is 6.72. The van der Waals surface area contributed by atoms with Crippen molar-refractivity contribution in [1.29, 1.82) is 0 Å². The third-order valence-corrected chi connectivity index (χ3v) is 3.74. The lowest BCUT2D eigenvalue weighted by Gasteiger charge is -2.16. The standard InChI is InChI=1S/C17H19F2N/c1-11-5-4-6-14(12(11)2)10-20-13(3)16-8-7-15(18)9-17(16)19/h4-9,13,20H,10H2,1-3H3. The zero-order valence-corrected chi connectivity index (χ0v) is 12.0. The van der Waals surface area contributed by atoms with Crippen LogP contribution in [0.3, 0.4) is 0 Å². The van der Waals surface area contributed by atoms with E-state index in [1.165, 1.54) is 28.8 Å². The molecule has 0 spiro atoms. The van der Waals surface area contributed by atoms with Crippen molar-refractivity contribution in [3.8, 4) is 0 Å². The van der Waals surface area contributed by atoms with E-state index in [4.69, 9.17) is 0 Å². The first-order valence-corrected chi connectivity index (χ1v) is 6.72. The van der Waals surface area contributed by atoms with E-state index >= 15 is 0 Å². The van der Waals surface area contributed by atoms with Crippen LogP contribution in [0.5, 0.6) is 0 Å². The molecule has 0 fully saturated rings. The quantitative estimate of drug-likeness (QED) is 0.870. The number of hydrogen-bond donors (Lipinski definition) is 1. The Balaban J connectivity index is 2.08. The molecule has 2 rings (SSSR count). The first kappa shape index (κ1) is 14.7. The van der Waals surface area contributed by atoms with Gasteiger partial charge in [0.1, 0.15) is 11.6 Å². The van der Waals surface area contributed by atoms with Crippen LogP contribution in [0.4, 0.5) is 8.78 Å². The molecule has 3 heteroatoms. The van der Waals surface area contributed by atoms with Crippen LogP contribution >= 0.6 is 0 Å². The molecule has 0 amide bonds. The van der Waals surface area contributed by atoms with Gasteiger partial charge in [-0.15, -0.1) is 0 Å². The highest BCUT2D eigenvalue weighted by Gasteiger charge is 2.11. The zero-order chi connectivity index (χ0) is 14.7. The molecule has 0 aliphatic rings. The molecule has 0 aromatic heterocycles. The van der Waals surface area contributed by atoms with Gasteiger partial charge in [0.25, 0.3) is 0 Å². The smallest absolute Gasteiger partial charge is 0.130 e. The topological polar surface area (TPSA) is 12.0 Å². The Morgan fingerprint density at radius 1 is 1.10 bits per heavy atom. The lowest BCUT2D eigenvalue weighted by atomic mass is 10.0. The number of nitrogens with one attached hydrogen (secondary N) is 1. The molecular formula is C17H19F2N. The highest BCUT2D eigenvalue weighted by molar-refractivity contribution is 5.33. The second-order valence-electron chi connectivity index (χ2n) is 5.13. The van der Waals surface area contributed by atoms with Gasteiger partial charge in [-0.05, 0) is 43.5 Å². The van der Waals surface area contributed by atoms with E-state index < -0.39 is 11.6 Å². The summed E-state index contributed by atoms with van der Waals surface area (Å²) in [6.45, 7) is 6.68. The van der Waals surface area contributed by atoms with E-state index in [1.54, 1.807) is 0 Å². The Hall–Kier alpha value is -1.74. The van der Waals surface area contributed by atoms with Crippen LogP contribution in [0.1, 0.15) is 35.2 Å².